The van der Waals surface area contributed by atoms with Gasteiger partial charge in [0.1, 0.15) is 23.6 Å². The molecule has 0 saturated heterocycles. The fraction of sp³-hybridized carbons (Fsp3) is 0.217. The van der Waals surface area contributed by atoms with Crippen LogP contribution in [0, 0.1) is 5.82 Å². The number of nitrogens with zero attached hydrogens (tertiary/aromatic N) is 4. The summed E-state index contributed by atoms with van der Waals surface area (Å²) in [6, 6.07) is 12.7. The Kier molecular flexibility index (Phi) is 4.93. The molecular weight excluding hydrogens is 413 g/mol. The van der Waals surface area contributed by atoms with Crippen LogP contribution in [0.15, 0.2) is 59.5 Å². The number of carbonyl (C=O) groups excluding carboxylic acids is 1. The molecule has 1 amide bonds. The minimum absolute atomic E-state index is 0.233. The van der Waals surface area contributed by atoms with E-state index in [1.165, 1.54) is 21.5 Å². The van der Waals surface area contributed by atoms with E-state index in [-0.39, 0.29) is 24.2 Å². The van der Waals surface area contributed by atoms with Gasteiger partial charge in [-0.1, -0.05) is 6.07 Å². The molecule has 0 radical (unpaired) electrons. The number of amides is 1. The molecule has 32 heavy (non-hydrogen) atoms. The van der Waals surface area contributed by atoms with Crippen molar-refractivity contribution >= 4 is 22.5 Å². The molecule has 1 N–H and O–H groups in total. The average Bonchev–Trinajstić information content (AvgIpc) is 3.54. The first kappa shape index (κ1) is 19.9. The molecule has 8 nitrogen and oxygen atoms in total. The van der Waals surface area contributed by atoms with Crippen molar-refractivity contribution in [3.05, 3.63) is 76.6 Å². The number of benzene rings is 2. The number of nitrogens with one attached hydrogen (secondary N) is 1. The van der Waals surface area contributed by atoms with Gasteiger partial charge in [0.25, 0.3) is 5.56 Å². The van der Waals surface area contributed by atoms with Crippen molar-refractivity contribution in [3.63, 3.8) is 0 Å². The Morgan fingerprint density at radius 3 is 2.72 bits per heavy atom. The maximum atomic E-state index is 13.4. The van der Waals surface area contributed by atoms with Crippen molar-refractivity contribution in [1.29, 1.82) is 0 Å². The second kappa shape index (κ2) is 7.92. The number of hydrogen-bond acceptors (Lipinski definition) is 5. The lowest BCUT2D eigenvalue weighted by atomic mass is 10.2. The molecular formula is C23H20FN5O3. The SMILES string of the molecule is COc1cccc(NC(=O)Cn2nc(C3CC3)c3cnn(-c4ccc(F)cc4)c3c2=O)c1. The molecule has 0 spiro atoms. The summed E-state index contributed by atoms with van der Waals surface area (Å²) in [5.41, 5.74) is 1.75. The summed E-state index contributed by atoms with van der Waals surface area (Å²) in [6.45, 7) is -0.250. The Labute approximate surface area is 182 Å². The lowest BCUT2D eigenvalue weighted by Gasteiger charge is -2.11. The van der Waals surface area contributed by atoms with E-state index < -0.39 is 5.56 Å². The van der Waals surface area contributed by atoms with Crippen LogP contribution in [0.25, 0.3) is 16.6 Å². The van der Waals surface area contributed by atoms with Gasteiger partial charge in [0, 0.05) is 23.1 Å². The molecule has 0 aliphatic heterocycles. The number of methoxy groups -OCH3 is 1. The summed E-state index contributed by atoms with van der Waals surface area (Å²) < 4.78 is 21.2. The average molecular weight is 433 g/mol. The first-order valence-corrected chi connectivity index (χ1v) is 10.2. The fourth-order valence-electron chi connectivity index (χ4n) is 3.67. The van der Waals surface area contributed by atoms with Crippen molar-refractivity contribution in [2.75, 3.05) is 12.4 Å². The first-order valence-electron chi connectivity index (χ1n) is 10.2. The molecule has 1 saturated carbocycles. The molecule has 1 fully saturated rings. The van der Waals surface area contributed by atoms with E-state index in [1.54, 1.807) is 49.7 Å². The van der Waals surface area contributed by atoms with Gasteiger partial charge in [-0.05, 0) is 49.2 Å². The predicted octanol–water partition coefficient (Wildman–Crippen LogP) is 3.25. The Bertz CT molecular complexity index is 1370. The van der Waals surface area contributed by atoms with Crippen LogP contribution in [0.4, 0.5) is 10.1 Å². The topological polar surface area (TPSA) is 91.0 Å². The van der Waals surface area contributed by atoms with Gasteiger partial charge >= 0.3 is 0 Å². The molecule has 162 valence electrons. The van der Waals surface area contributed by atoms with Crippen LogP contribution in [-0.4, -0.2) is 32.6 Å². The maximum Gasteiger partial charge on any atom is 0.293 e. The largest absolute Gasteiger partial charge is 0.497 e. The third-order valence-electron chi connectivity index (χ3n) is 5.39. The molecule has 9 heteroatoms. The van der Waals surface area contributed by atoms with E-state index in [9.17, 15) is 14.0 Å². The van der Waals surface area contributed by atoms with E-state index in [1.807, 2.05) is 0 Å². The Morgan fingerprint density at radius 2 is 2.00 bits per heavy atom. The normalized spacial score (nSPS) is 13.3. The van der Waals surface area contributed by atoms with Gasteiger partial charge < -0.3 is 10.1 Å². The van der Waals surface area contributed by atoms with E-state index in [4.69, 9.17) is 4.74 Å². The fourth-order valence-corrected chi connectivity index (χ4v) is 3.67. The molecule has 4 aromatic rings. The van der Waals surface area contributed by atoms with Gasteiger partial charge in [-0.25, -0.2) is 13.8 Å². The van der Waals surface area contributed by atoms with E-state index >= 15 is 0 Å². The summed E-state index contributed by atoms with van der Waals surface area (Å²) >= 11 is 0. The zero-order chi connectivity index (χ0) is 22.2. The summed E-state index contributed by atoms with van der Waals surface area (Å²) in [5.74, 6) is 0.0781. The van der Waals surface area contributed by atoms with Crippen LogP contribution in [0.3, 0.4) is 0 Å². The lowest BCUT2D eigenvalue weighted by molar-refractivity contribution is -0.117. The van der Waals surface area contributed by atoms with Crippen LogP contribution in [0.1, 0.15) is 24.5 Å². The van der Waals surface area contributed by atoms with Crippen molar-refractivity contribution in [2.45, 2.75) is 25.3 Å². The van der Waals surface area contributed by atoms with Crippen molar-refractivity contribution in [2.24, 2.45) is 0 Å². The molecule has 0 unspecified atom stereocenters. The van der Waals surface area contributed by atoms with Crippen LogP contribution < -0.4 is 15.6 Å². The zero-order valence-corrected chi connectivity index (χ0v) is 17.3. The number of ether oxygens (including phenoxy) is 1. The van der Waals surface area contributed by atoms with Gasteiger partial charge in [0.05, 0.1) is 24.7 Å². The zero-order valence-electron chi connectivity index (χ0n) is 17.3. The number of rotatable bonds is 6. The maximum absolute atomic E-state index is 13.4. The third kappa shape index (κ3) is 3.73. The van der Waals surface area contributed by atoms with Gasteiger partial charge in [-0.15, -0.1) is 0 Å². The van der Waals surface area contributed by atoms with Gasteiger partial charge in [-0.2, -0.15) is 10.2 Å². The highest BCUT2D eigenvalue weighted by atomic mass is 19.1. The third-order valence-corrected chi connectivity index (χ3v) is 5.39. The number of halogens is 1. The minimum atomic E-state index is -0.438. The van der Waals surface area contributed by atoms with Crippen LogP contribution >= 0.6 is 0 Å². The monoisotopic (exact) mass is 433 g/mol. The number of carbonyl (C=O) groups is 1. The molecule has 2 heterocycles. The van der Waals surface area contributed by atoms with E-state index in [0.29, 0.717) is 28.0 Å². The number of hydrogen-bond donors (Lipinski definition) is 1. The smallest absolute Gasteiger partial charge is 0.293 e. The quantitative estimate of drug-likeness (QED) is 0.504. The molecule has 2 aromatic heterocycles. The predicted molar refractivity (Wildman–Crippen MR) is 117 cm³/mol. The van der Waals surface area contributed by atoms with Gasteiger partial charge in [0.2, 0.25) is 5.91 Å². The highest BCUT2D eigenvalue weighted by Gasteiger charge is 2.30. The van der Waals surface area contributed by atoms with Crippen molar-refractivity contribution in [3.8, 4) is 11.4 Å². The van der Waals surface area contributed by atoms with Crippen LogP contribution in [0.2, 0.25) is 0 Å². The highest BCUT2D eigenvalue weighted by molar-refractivity contribution is 5.91. The number of aromatic nitrogens is 4. The number of fused-ring (bicyclic) bond motifs is 1. The molecule has 0 atom stereocenters. The lowest BCUT2D eigenvalue weighted by Crippen LogP contribution is -2.31. The summed E-state index contributed by atoms with van der Waals surface area (Å²) in [4.78, 5) is 26.0. The standard InChI is InChI=1S/C23H20FN5O3/c1-32-18-4-2-3-16(11-18)26-20(30)13-28-23(31)22-19(21(27-28)14-5-6-14)12-25-29(22)17-9-7-15(24)8-10-17/h2-4,7-12,14H,5-6,13H2,1H3,(H,26,30). The molecule has 2 aromatic carbocycles. The number of anilines is 1. The molecule has 0 bridgehead atoms. The second-order valence-corrected chi connectivity index (χ2v) is 7.70. The Morgan fingerprint density at radius 1 is 1.22 bits per heavy atom. The first-order chi connectivity index (χ1) is 15.5. The van der Waals surface area contributed by atoms with Crippen LogP contribution in [0.5, 0.6) is 5.75 Å². The Hall–Kier alpha value is -4.01. The van der Waals surface area contributed by atoms with Crippen LogP contribution in [-0.2, 0) is 11.3 Å². The molecule has 1 aliphatic rings. The summed E-state index contributed by atoms with van der Waals surface area (Å²) in [7, 11) is 1.54. The van der Waals surface area contributed by atoms with E-state index in [0.717, 1.165) is 18.5 Å². The van der Waals surface area contributed by atoms with Gasteiger partial charge in [-0.3, -0.25) is 9.59 Å². The van der Waals surface area contributed by atoms with Crippen molar-refractivity contribution < 1.29 is 13.9 Å². The minimum Gasteiger partial charge on any atom is -0.497 e. The summed E-state index contributed by atoms with van der Waals surface area (Å²) in [5, 5.41) is 12.3. The van der Waals surface area contributed by atoms with E-state index in [2.05, 4.69) is 15.5 Å². The second-order valence-electron chi connectivity index (χ2n) is 7.70. The molecule has 5 rings (SSSR count). The summed E-state index contributed by atoms with van der Waals surface area (Å²) in [6.07, 6.45) is 3.55. The Balaban J connectivity index is 1.53. The van der Waals surface area contributed by atoms with Gasteiger partial charge in [0.15, 0.2) is 0 Å². The highest BCUT2D eigenvalue weighted by Crippen LogP contribution is 2.41. The van der Waals surface area contributed by atoms with Crippen molar-refractivity contribution in [1.82, 2.24) is 19.6 Å². The molecule has 1 aliphatic carbocycles.